The highest BCUT2D eigenvalue weighted by Gasteiger charge is 2.02. The molecule has 96 valence electrons. The van der Waals surface area contributed by atoms with E-state index in [1.807, 2.05) is 6.08 Å². The first-order chi connectivity index (χ1) is 9.24. The van der Waals surface area contributed by atoms with Crippen molar-refractivity contribution in [3.63, 3.8) is 0 Å². The van der Waals surface area contributed by atoms with Crippen molar-refractivity contribution in [2.75, 3.05) is 0 Å². The number of hydrogen-bond acceptors (Lipinski definition) is 4. The van der Waals surface area contributed by atoms with Gasteiger partial charge in [0, 0.05) is 12.3 Å². The topological polar surface area (TPSA) is 58.6 Å². The number of esters is 1. The van der Waals surface area contributed by atoms with Crippen molar-refractivity contribution in [2.24, 2.45) is 0 Å². The van der Waals surface area contributed by atoms with Gasteiger partial charge in [0.1, 0.15) is 5.75 Å². The number of hydrogen-bond donors (Lipinski definition) is 2. The molecule has 19 heavy (non-hydrogen) atoms. The molecule has 0 amide bonds. The normalized spacial score (nSPS) is 13.8. The van der Waals surface area contributed by atoms with Crippen LogP contribution in [0, 0.1) is 0 Å². The molecule has 0 saturated carbocycles. The molecule has 0 radical (unpaired) electrons. The first-order valence-corrected chi connectivity index (χ1v) is 5.73. The van der Waals surface area contributed by atoms with Crippen molar-refractivity contribution in [3.8, 4) is 5.75 Å². The molecule has 0 bridgehead atoms. The van der Waals surface area contributed by atoms with E-state index in [0.29, 0.717) is 5.88 Å². The van der Waals surface area contributed by atoms with Gasteiger partial charge in [-0.15, -0.1) is 0 Å². The Morgan fingerprint density at radius 3 is 2.74 bits per heavy atom. The van der Waals surface area contributed by atoms with E-state index in [9.17, 15) is 4.79 Å². The van der Waals surface area contributed by atoms with Crippen molar-refractivity contribution in [1.82, 2.24) is 5.32 Å². The second-order valence-corrected chi connectivity index (χ2v) is 3.77. The Morgan fingerprint density at radius 1 is 1.16 bits per heavy atom. The van der Waals surface area contributed by atoms with E-state index in [1.54, 1.807) is 54.8 Å². The van der Waals surface area contributed by atoms with Crippen LogP contribution in [0.15, 0.2) is 66.7 Å². The molecule has 2 N–H and O–H groups in total. The molecule has 4 heteroatoms. The van der Waals surface area contributed by atoms with Gasteiger partial charge in [0.15, 0.2) is 0 Å². The lowest BCUT2D eigenvalue weighted by atomic mass is 10.2. The Balaban J connectivity index is 1.94. The smallest absolute Gasteiger partial charge is 0.337 e. The maximum Gasteiger partial charge on any atom is 0.337 e. The van der Waals surface area contributed by atoms with E-state index in [4.69, 9.17) is 9.84 Å². The summed E-state index contributed by atoms with van der Waals surface area (Å²) < 4.78 is 5.09. The first-order valence-electron chi connectivity index (χ1n) is 5.73. The van der Waals surface area contributed by atoms with Gasteiger partial charge >= 0.3 is 5.97 Å². The molecule has 1 heterocycles. The molecule has 1 aromatic rings. The molecule has 0 atom stereocenters. The summed E-state index contributed by atoms with van der Waals surface area (Å²) in [6.07, 6.45) is 11.7. The Labute approximate surface area is 111 Å². The number of ether oxygens (including phenoxy) is 1. The molecular formula is C15H13NO3. The zero-order valence-corrected chi connectivity index (χ0v) is 10.1. The van der Waals surface area contributed by atoms with Crippen LogP contribution in [0.1, 0.15) is 5.56 Å². The van der Waals surface area contributed by atoms with Crippen molar-refractivity contribution in [1.29, 1.82) is 0 Å². The summed E-state index contributed by atoms with van der Waals surface area (Å²) in [5, 5.41) is 12.0. The highest BCUT2D eigenvalue weighted by atomic mass is 16.5. The van der Waals surface area contributed by atoms with Crippen LogP contribution in [-0.4, -0.2) is 11.1 Å². The monoisotopic (exact) mass is 255 g/mol. The van der Waals surface area contributed by atoms with Gasteiger partial charge in [0.25, 0.3) is 0 Å². The molecule has 1 aromatic carbocycles. The average Bonchev–Trinajstić information content (AvgIpc) is 2.67. The molecule has 0 unspecified atom stereocenters. The zero-order valence-electron chi connectivity index (χ0n) is 10.1. The molecule has 0 aliphatic carbocycles. The highest BCUT2D eigenvalue weighted by Crippen LogP contribution is 2.11. The number of carbonyl (C=O) groups is 1. The molecule has 0 saturated heterocycles. The third-order valence-corrected chi connectivity index (χ3v) is 2.31. The van der Waals surface area contributed by atoms with Crippen LogP contribution in [0.25, 0.3) is 6.08 Å². The van der Waals surface area contributed by atoms with Crippen LogP contribution in [0.5, 0.6) is 5.75 Å². The summed E-state index contributed by atoms with van der Waals surface area (Å²) in [5.41, 5.74) is 0.803. The Kier molecular flexibility index (Phi) is 4.18. The predicted octanol–water partition coefficient (Wildman–Crippen LogP) is 2.46. The van der Waals surface area contributed by atoms with E-state index >= 15 is 0 Å². The Bertz CT molecular complexity index is 566. The number of phenols is 1. The largest absolute Gasteiger partial charge is 0.508 e. The number of nitrogens with one attached hydrogen (secondary N) is 1. The van der Waals surface area contributed by atoms with E-state index in [1.165, 1.54) is 6.08 Å². The van der Waals surface area contributed by atoms with Crippen LogP contribution in [0.4, 0.5) is 0 Å². The molecule has 1 aliphatic rings. The SMILES string of the molecule is O=C(/C=C/c1ccc(O)cc1)OC1=CC=CC=CN1. The molecule has 0 spiro atoms. The van der Waals surface area contributed by atoms with Crippen molar-refractivity contribution < 1.29 is 14.6 Å². The van der Waals surface area contributed by atoms with Crippen molar-refractivity contribution >= 4 is 12.0 Å². The summed E-state index contributed by atoms with van der Waals surface area (Å²) in [6, 6.07) is 6.51. The lowest BCUT2D eigenvalue weighted by molar-refractivity contribution is -0.134. The molecule has 0 aromatic heterocycles. The number of benzene rings is 1. The lowest BCUT2D eigenvalue weighted by Gasteiger charge is -2.04. The summed E-state index contributed by atoms with van der Waals surface area (Å²) >= 11 is 0. The van der Waals surface area contributed by atoms with Gasteiger partial charge in [0.05, 0.1) is 0 Å². The fraction of sp³-hybridized carbons (Fsp3) is 0. The minimum absolute atomic E-state index is 0.186. The summed E-state index contributed by atoms with van der Waals surface area (Å²) in [4.78, 5) is 11.6. The zero-order chi connectivity index (χ0) is 13.5. The van der Waals surface area contributed by atoms with Gasteiger partial charge in [-0.2, -0.15) is 0 Å². The summed E-state index contributed by atoms with van der Waals surface area (Å²) in [7, 11) is 0. The van der Waals surface area contributed by atoms with Gasteiger partial charge < -0.3 is 15.2 Å². The molecule has 4 nitrogen and oxygen atoms in total. The van der Waals surface area contributed by atoms with Crippen LogP contribution >= 0.6 is 0 Å². The average molecular weight is 255 g/mol. The van der Waals surface area contributed by atoms with E-state index < -0.39 is 5.97 Å². The number of phenolic OH excluding ortho intramolecular Hbond substituents is 1. The minimum atomic E-state index is -0.476. The standard InChI is InChI=1S/C15H13NO3/c17-13-8-5-12(6-9-13)7-10-15(18)19-14-4-2-1-3-11-16-14/h1-11,16-17H/b10-7+. The van der Waals surface area contributed by atoms with E-state index in [2.05, 4.69) is 5.32 Å². The summed E-state index contributed by atoms with van der Waals surface area (Å²) in [5.74, 6) is 0.0759. The summed E-state index contributed by atoms with van der Waals surface area (Å²) in [6.45, 7) is 0. The predicted molar refractivity (Wildman–Crippen MR) is 72.7 cm³/mol. The fourth-order valence-corrected chi connectivity index (χ4v) is 1.40. The van der Waals surface area contributed by atoms with Crippen LogP contribution in [-0.2, 0) is 9.53 Å². The highest BCUT2D eigenvalue weighted by molar-refractivity contribution is 5.87. The Hall–Kier alpha value is -2.75. The fourth-order valence-electron chi connectivity index (χ4n) is 1.40. The molecule has 1 aliphatic heterocycles. The van der Waals surface area contributed by atoms with Crippen molar-refractivity contribution in [3.05, 3.63) is 72.3 Å². The van der Waals surface area contributed by atoms with Gasteiger partial charge in [-0.1, -0.05) is 24.3 Å². The van der Waals surface area contributed by atoms with Gasteiger partial charge in [-0.3, -0.25) is 0 Å². The van der Waals surface area contributed by atoms with Crippen molar-refractivity contribution in [2.45, 2.75) is 0 Å². The Morgan fingerprint density at radius 2 is 1.95 bits per heavy atom. The van der Waals surface area contributed by atoms with Crippen LogP contribution < -0.4 is 5.32 Å². The quantitative estimate of drug-likeness (QED) is 0.643. The number of carbonyl (C=O) groups excluding carboxylic acids is 1. The second-order valence-electron chi connectivity index (χ2n) is 3.77. The number of aromatic hydroxyl groups is 1. The lowest BCUT2D eigenvalue weighted by Crippen LogP contribution is -2.11. The molecule has 0 fully saturated rings. The van der Waals surface area contributed by atoms with E-state index in [-0.39, 0.29) is 5.75 Å². The van der Waals surface area contributed by atoms with Crippen LogP contribution in [0.3, 0.4) is 0 Å². The van der Waals surface area contributed by atoms with Gasteiger partial charge in [0.2, 0.25) is 5.88 Å². The maximum atomic E-state index is 11.6. The maximum absolute atomic E-state index is 11.6. The minimum Gasteiger partial charge on any atom is -0.508 e. The first kappa shape index (κ1) is 12.7. The number of rotatable bonds is 3. The molecule has 2 rings (SSSR count). The third-order valence-electron chi connectivity index (χ3n) is 2.31. The van der Waals surface area contributed by atoms with Crippen LogP contribution in [0.2, 0.25) is 0 Å². The molecular weight excluding hydrogens is 242 g/mol. The second kappa shape index (κ2) is 6.26. The number of allylic oxidation sites excluding steroid dienone is 4. The third kappa shape index (κ3) is 4.20. The van der Waals surface area contributed by atoms with Gasteiger partial charge in [-0.05, 0) is 35.9 Å². The van der Waals surface area contributed by atoms with Gasteiger partial charge in [-0.25, -0.2) is 4.79 Å². The van der Waals surface area contributed by atoms with E-state index in [0.717, 1.165) is 5.56 Å².